The summed E-state index contributed by atoms with van der Waals surface area (Å²) in [6, 6.07) is 0. The molecule has 0 radical (unpaired) electrons. The van der Waals surface area contributed by atoms with Gasteiger partial charge in [0.25, 0.3) is 0 Å². The van der Waals surface area contributed by atoms with E-state index < -0.39 is 11.9 Å². The van der Waals surface area contributed by atoms with Gasteiger partial charge in [-0.25, -0.2) is 0 Å². The lowest BCUT2D eigenvalue weighted by Gasteiger charge is -1.90. The van der Waals surface area contributed by atoms with Crippen molar-refractivity contribution in [2.75, 3.05) is 13.2 Å². The van der Waals surface area contributed by atoms with Gasteiger partial charge in [0.1, 0.15) is 24.4 Å². The molecule has 8 heteroatoms. The number of carboxylic acids is 2. The van der Waals surface area contributed by atoms with Crippen LogP contribution in [0.3, 0.4) is 0 Å². The Hall–Kier alpha value is -1.80. The molecule has 0 aliphatic rings. The molecular weight excluding hydrogens is 284 g/mol. The van der Waals surface area contributed by atoms with E-state index in [2.05, 4.69) is 0 Å². The number of unbranched alkanes of at least 4 members (excludes halogenated alkanes) is 2. The van der Waals surface area contributed by atoms with Crippen molar-refractivity contribution in [2.45, 2.75) is 46.0 Å². The Morgan fingerprint density at radius 2 is 0.952 bits per heavy atom. The molecule has 8 nitrogen and oxygen atoms in total. The van der Waals surface area contributed by atoms with Crippen LogP contribution in [0.15, 0.2) is 0 Å². The van der Waals surface area contributed by atoms with Crippen LogP contribution in [0, 0.1) is 0 Å². The van der Waals surface area contributed by atoms with Crippen molar-refractivity contribution in [1.82, 2.24) is 0 Å². The van der Waals surface area contributed by atoms with E-state index in [-0.39, 0.29) is 37.6 Å². The van der Waals surface area contributed by atoms with E-state index >= 15 is 0 Å². The highest BCUT2D eigenvalue weighted by molar-refractivity contribution is 5.93. The molecule has 0 fully saturated rings. The maximum absolute atomic E-state index is 9.87. The smallest absolute Gasteiger partial charge is 0.310 e. The van der Waals surface area contributed by atoms with Gasteiger partial charge in [-0.2, -0.15) is 0 Å². The summed E-state index contributed by atoms with van der Waals surface area (Å²) in [5, 5.41) is 32.1. The number of aliphatic hydroxyl groups excluding tert-OH is 2. The number of hydrogen-bond donors (Lipinski definition) is 4. The van der Waals surface area contributed by atoms with E-state index in [9.17, 15) is 19.2 Å². The Labute approximate surface area is 123 Å². The maximum Gasteiger partial charge on any atom is 0.310 e. The van der Waals surface area contributed by atoms with Crippen LogP contribution < -0.4 is 0 Å². The van der Waals surface area contributed by atoms with Crippen LogP contribution in [0.4, 0.5) is 0 Å². The van der Waals surface area contributed by atoms with Crippen LogP contribution in [0.5, 0.6) is 0 Å². The predicted molar refractivity (Wildman–Crippen MR) is 73.9 cm³/mol. The SMILES string of the molecule is CC(=O)CC(=O)O.CC(=O)CC(=O)O.OCCCCCO. The minimum Gasteiger partial charge on any atom is -0.481 e. The minimum absolute atomic E-state index is 0.250. The first kappa shape index (κ1) is 24.2. The molecule has 0 saturated carbocycles. The molecule has 0 amide bonds. The number of aliphatic hydroxyl groups is 2. The summed E-state index contributed by atoms with van der Waals surface area (Å²) < 4.78 is 0. The normalized spacial score (nSPS) is 8.57. The molecule has 0 aromatic heterocycles. The third kappa shape index (κ3) is 45.9. The van der Waals surface area contributed by atoms with Gasteiger partial charge in [0.15, 0.2) is 0 Å². The first-order valence-corrected chi connectivity index (χ1v) is 6.31. The quantitative estimate of drug-likeness (QED) is 0.368. The van der Waals surface area contributed by atoms with Crippen molar-refractivity contribution in [2.24, 2.45) is 0 Å². The predicted octanol–water partition coefficient (Wildman–Crippen LogP) is 0.241. The molecule has 21 heavy (non-hydrogen) atoms. The molecule has 0 saturated heterocycles. The van der Waals surface area contributed by atoms with Crippen LogP contribution in [0.25, 0.3) is 0 Å². The Morgan fingerprint density at radius 1 is 0.667 bits per heavy atom. The van der Waals surface area contributed by atoms with Gasteiger partial charge >= 0.3 is 11.9 Å². The first-order chi connectivity index (χ1) is 9.67. The highest BCUT2D eigenvalue weighted by atomic mass is 16.4. The number of carbonyl (C=O) groups excluding carboxylic acids is 2. The Kier molecular flexibility index (Phi) is 21.0. The van der Waals surface area contributed by atoms with Crippen molar-refractivity contribution in [3.63, 3.8) is 0 Å². The summed E-state index contributed by atoms with van der Waals surface area (Å²) in [4.78, 5) is 38.9. The monoisotopic (exact) mass is 308 g/mol. The number of carboxylic acid groups (broad SMARTS) is 2. The zero-order chi connectivity index (χ0) is 17.3. The van der Waals surface area contributed by atoms with E-state index in [0.717, 1.165) is 19.3 Å². The number of carbonyl (C=O) groups is 4. The summed E-state index contributed by atoms with van der Waals surface area (Å²) in [7, 11) is 0. The Bertz CT molecular complexity index is 257. The van der Waals surface area contributed by atoms with Gasteiger partial charge in [-0.1, -0.05) is 0 Å². The molecule has 124 valence electrons. The van der Waals surface area contributed by atoms with Crippen molar-refractivity contribution >= 4 is 23.5 Å². The molecule has 0 bridgehead atoms. The second-order valence-electron chi connectivity index (χ2n) is 4.05. The lowest BCUT2D eigenvalue weighted by Crippen LogP contribution is -2.00. The number of ketones is 2. The fraction of sp³-hybridized carbons (Fsp3) is 0.692. The van der Waals surface area contributed by atoms with Gasteiger partial charge in [0.2, 0.25) is 0 Å². The second-order valence-corrected chi connectivity index (χ2v) is 4.05. The highest BCUT2D eigenvalue weighted by Gasteiger charge is 1.98. The lowest BCUT2D eigenvalue weighted by atomic mass is 10.2. The molecule has 0 aromatic carbocycles. The van der Waals surface area contributed by atoms with Gasteiger partial charge in [0.05, 0.1) is 0 Å². The van der Waals surface area contributed by atoms with E-state index in [0.29, 0.717) is 0 Å². The Balaban J connectivity index is -0.000000231. The fourth-order valence-electron chi connectivity index (χ4n) is 0.826. The molecular formula is C13H24O8. The highest BCUT2D eigenvalue weighted by Crippen LogP contribution is 1.90. The average molecular weight is 308 g/mol. The van der Waals surface area contributed by atoms with Crippen LogP contribution >= 0.6 is 0 Å². The van der Waals surface area contributed by atoms with Crippen molar-refractivity contribution in [3.05, 3.63) is 0 Å². The van der Waals surface area contributed by atoms with Crippen LogP contribution in [0.1, 0.15) is 46.0 Å². The largest absolute Gasteiger partial charge is 0.481 e. The molecule has 0 atom stereocenters. The van der Waals surface area contributed by atoms with Crippen LogP contribution in [-0.2, 0) is 19.2 Å². The molecule has 0 heterocycles. The number of rotatable bonds is 8. The summed E-state index contributed by atoms with van der Waals surface area (Å²) in [6.07, 6.45) is 1.86. The molecule has 0 aromatic rings. The molecule has 0 spiro atoms. The maximum atomic E-state index is 9.87. The number of Topliss-reactive ketones (excluding diaryl/α,β-unsaturated/α-hetero) is 2. The topological polar surface area (TPSA) is 149 Å². The standard InChI is InChI=1S/C5H12O2.2C4H6O3/c6-4-2-1-3-5-7;2*1-3(5)2-4(6)7/h6-7H,1-5H2;2*2H2,1H3,(H,6,7). The van der Waals surface area contributed by atoms with E-state index in [4.69, 9.17) is 20.4 Å². The van der Waals surface area contributed by atoms with Crippen molar-refractivity contribution in [3.8, 4) is 0 Å². The molecule has 0 unspecified atom stereocenters. The first-order valence-electron chi connectivity index (χ1n) is 6.31. The average Bonchev–Trinajstić information content (AvgIpc) is 2.27. The Morgan fingerprint density at radius 3 is 1.05 bits per heavy atom. The molecule has 0 rings (SSSR count). The lowest BCUT2D eigenvalue weighted by molar-refractivity contribution is -0.141. The minimum atomic E-state index is -1.06. The third-order valence-electron chi connectivity index (χ3n) is 1.62. The zero-order valence-corrected chi connectivity index (χ0v) is 12.4. The van der Waals surface area contributed by atoms with Gasteiger partial charge in [-0.05, 0) is 33.1 Å². The molecule has 0 aliphatic heterocycles. The van der Waals surface area contributed by atoms with Crippen molar-refractivity contribution < 1.29 is 39.6 Å². The van der Waals surface area contributed by atoms with Crippen molar-refractivity contribution in [1.29, 1.82) is 0 Å². The fourth-order valence-corrected chi connectivity index (χ4v) is 0.826. The van der Waals surface area contributed by atoms with E-state index in [1.54, 1.807) is 0 Å². The van der Waals surface area contributed by atoms with E-state index in [1.165, 1.54) is 13.8 Å². The summed E-state index contributed by atoms with van der Waals surface area (Å²) in [5.41, 5.74) is 0. The summed E-state index contributed by atoms with van der Waals surface area (Å²) in [6.45, 7) is 2.99. The molecule has 0 aliphatic carbocycles. The van der Waals surface area contributed by atoms with Gasteiger partial charge in [-0.3, -0.25) is 19.2 Å². The number of hydrogen-bond acceptors (Lipinski definition) is 6. The van der Waals surface area contributed by atoms with Gasteiger partial charge in [0, 0.05) is 13.2 Å². The zero-order valence-electron chi connectivity index (χ0n) is 12.4. The molecule has 4 N–H and O–H groups in total. The second kappa shape index (κ2) is 18.2. The third-order valence-corrected chi connectivity index (χ3v) is 1.62. The van der Waals surface area contributed by atoms with E-state index in [1.807, 2.05) is 0 Å². The van der Waals surface area contributed by atoms with Gasteiger partial charge in [-0.15, -0.1) is 0 Å². The van der Waals surface area contributed by atoms with Gasteiger partial charge < -0.3 is 20.4 Å². The summed E-state index contributed by atoms with van der Waals surface area (Å²) >= 11 is 0. The summed E-state index contributed by atoms with van der Waals surface area (Å²) in [5.74, 6) is -2.75. The van der Waals surface area contributed by atoms with Crippen LogP contribution in [0.2, 0.25) is 0 Å². The number of aliphatic carboxylic acids is 2. The van der Waals surface area contributed by atoms with Crippen LogP contribution in [-0.4, -0.2) is 57.1 Å².